The van der Waals surface area contributed by atoms with Gasteiger partial charge in [-0.2, -0.15) is 13.2 Å². The van der Waals surface area contributed by atoms with E-state index in [0.717, 1.165) is 6.07 Å². The molecule has 7 heteroatoms. The number of hydrogen-bond donors (Lipinski definition) is 1. The molecule has 0 aliphatic carbocycles. The Balaban J connectivity index is 2.31. The van der Waals surface area contributed by atoms with Gasteiger partial charge in [0, 0.05) is 18.3 Å². The molecule has 122 valence electrons. The highest BCUT2D eigenvalue weighted by atomic mass is 19.4. The first kappa shape index (κ1) is 17.0. The van der Waals surface area contributed by atoms with E-state index in [1.807, 2.05) is 0 Å². The van der Waals surface area contributed by atoms with Gasteiger partial charge in [0.1, 0.15) is 5.82 Å². The zero-order chi connectivity index (χ0) is 17.0. The Kier molecular flexibility index (Phi) is 5.00. The van der Waals surface area contributed by atoms with Gasteiger partial charge in [-0.05, 0) is 43.9 Å². The van der Waals surface area contributed by atoms with Crippen LogP contribution in [0.25, 0.3) is 0 Å². The summed E-state index contributed by atoms with van der Waals surface area (Å²) in [6.07, 6.45) is -3.04. The fourth-order valence-corrected chi connectivity index (χ4v) is 2.09. The lowest BCUT2D eigenvalue weighted by atomic mass is 10.0. The molecular formula is C16H16F3N3O. The van der Waals surface area contributed by atoms with Gasteiger partial charge in [0.2, 0.25) is 0 Å². The number of alkyl halides is 3. The zero-order valence-electron chi connectivity index (χ0n) is 12.7. The second kappa shape index (κ2) is 6.78. The number of halogens is 3. The number of carbonyl (C=O) groups is 1. The van der Waals surface area contributed by atoms with Crippen LogP contribution in [0.15, 0.2) is 42.6 Å². The summed E-state index contributed by atoms with van der Waals surface area (Å²) in [6.45, 7) is 0.136. The molecule has 1 aromatic carbocycles. The third kappa shape index (κ3) is 4.53. The maximum absolute atomic E-state index is 13.2. The van der Waals surface area contributed by atoms with E-state index < -0.39 is 17.6 Å². The molecule has 23 heavy (non-hydrogen) atoms. The van der Waals surface area contributed by atoms with E-state index in [1.54, 1.807) is 37.2 Å². The summed E-state index contributed by atoms with van der Waals surface area (Å²) in [5.74, 6) is -0.353. The summed E-state index contributed by atoms with van der Waals surface area (Å²) in [5, 5.41) is 2.47. The molecule has 2 aromatic rings. The summed E-state index contributed by atoms with van der Waals surface area (Å²) in [4.78, 5) is 17.6. The molecule has 1 amide bonds. The molecule has 4 nitrogen and oxygen atoms in total. The van der Waals surface area contributed by atoms with Gasteiger partial charge >= 0.3 is 6.18 Å². The summed E-state index contributed by atoms with van der Waals surface area (Å²) < 4.78 is 39.6. The van der Waals surface area contributed by atoms with Gasteiger partial charge in [0.25, 0.3) is 5.91 Å². The number of amides is 1. The molecule has 1 aromatic heterocycles. The first-order valence-corrected chi connectivity index (χ1v) is 6.84. The predicted molar refractivity (Wildman–Crippen MR) is 81.0 cm³/mol. The first-order valence-electron chi connectivity index (χ1n) is 6.84. The van der Waals surface area contributed by atoms with Crippen LogP contribution in [0.5, 0.6) is 0 Å². The van der Waals surface area contributed by atoms with Crippen molar-refractivity contribution < 1.29 is 18.0 Å². The molecule has 0 aliphatic rings. The fourth-order valence-electron chi connectivity index (χ4n) is 2.09. The van der Waals surface area contributed by atoms with Crippen LogP contribution < -0.4 is 5.32 Å². The van der Waals surface area contributed by atoms with Crippen molar-refractivity contribution in [2.75, 3.05) is 19.4 Å². The highest BCUT2D eigenvalue weighted by molar-refractivity contribution is 6.03. The molecule has 0 radical (unpaired) electrons. The average molecular weight is 323 g/mol. The molecule has 0 atom stereocenters. The summed E-state index contributed by atoms with van der Waals surface area (Å²) in [6, 6.07) is 8.49. The van der Waals surface area contributed by atoms with Crippen molar-refractivity contribution in [1.29, 1.82) is 0 Å². The number of hydrogen-bond acceptors (Lipinski definition) is 3. The SMILES string of the molecule is CN(C)Cc1ccc(C(=O)Nc2ccccn2)cc1C(F)(F)F. The number of pyridine rings is 1. The zero-order valence-corrected chi connectivity index (χ0v) is 12.7. The van der Waals surface area contributed by atoms with Gasteiger partial charge in [-0.15, -0.1) is 0 Å². The maximum atomic E-state index is 13.2. The van der Waals surface area contributed by atoms with Gasteiger partial charge in [-0.1, -0.05) is 12.1 Å². The molecule has 0 saturated heterocycles. The Labute approximate surface area is 132 Å². The third-order valence-corrected chi connectivity index (χ3v) is 3.07. The van der Waals surface area contributed by atoms with Crippen LogP contribution in [0.1, 0.15) is 21.5 Å². The minimum atomic E-state index is -4.52. The van der Waals surface area contributed by atoms with Crippen molar-refractivity contribution in [3.63, 3.8) is 0 Å². The van der Waals surface area contributed by atoms with Crippen LogP contribution in [0.3, 0.4) is 0 Å². The number of rotatable bonds is 4. The van der Waals surface area contributed by atoms with Crippen molar-refractivity contribution in [2.45, 2.75) is 12.7 Å². The number of anilines is 1. The van der Waals surface area contributed by atoms with Gasteiger partial charge in [-0.3, -0.25) is 4.79 Å². The van der Waals surface area contributed by atoms with E-state index in [0.29, 0.717) is 0 Å². The van der Waals surface area contributed by atoms with E-state index in [9.17, 15) is 18.0 Å². The van der Waals surface area contributed by atoms with E-state index in [2.05, 4.69) is 10.3 Å². The fraction of sp³-hybridized carbons (Fsp3) is 0.250. The molecule has 2 rings (SSSR count). The average Bonchev–Trinajstić information content (AvgIpc) is 2.47. The Hall–Kier alpha value is -2.41. The van der Waals surface area contributed by atoms with Crippen molar-refractivity contribution >= 4 is 11.7 Å². The van der Waals surface area contributed by atoms with Gasteiger partial charge < -0.3 is 10.2 Å². The van der Waals surface area contributed by atoms with E-state index in [4.69, 9.17) is 0 Å². The predicted octanol–water partition coefficient (Wildman–Crippen LogP) is 3.41. The maximum Gasteiger partial charge on any atom is 0.416 e. The lowest BCUT2D eigenvalue weighted by molar-refractivity contribution is -0.138. The normalized spacial score (nSPS) is 11.6. The van der Waals surface area contributed by atoms with E-state index in [-0.39, 0.29) is 23.5 Å². The van der Waals surface area contributed by atoms with E-state index >= 15 is 0 Å². The molecule has 0 spiro atoms. The van der Waals surface area contributed by atoms with Crippen LogP contribution in [0.4, 0.5) is 19.0 Å². The lowest BCUT2D eigenvalue weighted by Crippen LogP contribution is -2.19. The van der Waals surface area contributed by atoms with Crippen molar-refractivity contribution in [3.8, 4) is 0 Å². The van der Waals surface area contributed by atoms with Gasteiger partial charge in [0.05, 0.1) is 5.56 Å². The molecular weight excluding hydrogens is 307 g/mol. The van der Waals surface area contributed by atoms with Crippen LogP contribution >= 0.6 is 0 Å². The van der Waals surface area contributed by atoms with Crippen LogP contribution in [0, 0.1) is 0 Å². The quantitative estimate of drug-likeness (QED) is 0.938. The Morgan fingerprint density at radius 1 is 1.22 bits per heavy atom. The van der Waals surface area contributed by atoms with Crippen LogP contribution in [-0.2, 0) is 12.7 Å². The molecule has 0 unspecified atom stereocenters. The highest BCUT2D eigenvalue weighted by Gasteiger charge is 2.34. The smallest absolute Gasteiger partial charge is 0.307 e. The highest BCUT2D eigenvalue weighted by Crippen LogP contribution is 2.33. The largest absolute Gasteiger partial charge is 0.416 e. The molecule has 1 N–H and O–H groups in total. The first-order chi connectivity index (χ1) is 10.8. The van der Waals surface area contributed by atoms with Crippen molar-refractivity contribution in [3.05, 3.63) is 59.3 Å². The number of nitrogens with one attached hydrogen (secondary N) is 1. The number of nitrogens with zero attached hydrogens (tertiary/aromatic N) is 2. The molecule has 0 aliphatic heterocycles. The van der Waals surface area contributed by atoms with Gasteiger partial charge in [-0.25, -0.2) is 4.98 Å². The molecule has 1 heterocycles. The summed E-state index contributed by atoms with van der Waals surface area (Å²) in [5.41, 5.74) is -0.748. The van der Waals surface area contributed by atoms with Crippen LogP contribution in [-0.4, -0.2) is 29.9 Å². The standard InChI is InChI=1S/C16H16F3N3O/c1-22(2)10-12-7-6-11(9-13(12)16(17,18)19)15(23)21-14-5-3-4-8-20-14/h3-9H,10H2,1-2H3,(H,20,21,23). The molecule has 0 fully saturated rings. The second-order valence-electron chi connectivity index (χ2n) is 5.28. The number of aromatic nitrogens is 1. The van der Waals surface area contributed by atoms with E-state index in [1.165, 1.54) is 18.3 Å². The monoisotopic (exact) mass is 323 g/mol. The molecule has 0 bridgehead atoms. The Morgan fingerprint density at radius 2 is 1.96 bits per heavy atom. The summed E-state index contributed by atoms with van der Waals surface area (Å²) >= 11 is 0. The van der Waals surface area contributed by atoms with Crippen molar-refractivity contribution in [2.24, 2.45) is 0 Å². The second-order valence-corrected chi connectivity index (χ2v) is 5.28. The molecule has 0 saturated carbocycles. The Morgan fingerprint density at radius 3 is 2.52 bits per heavy atom. The lowest BCUT2D eigenvalue weighted by Gasteiger charge is -2.17. The van der Waals surface area contributed by atoms with Gasteiger partial charge in [0.15, 0.2) is 0 Å². The number of carbonyl (C=O) groups excluding carboxylic acids is 1. The van der Waals surface area contributed by atoms with Crippen molar-refractivity contribution in [1.82, 2.24) is 9.88 Å². The third-order valence-electron chi connectivity index (χ3n) is 3.07. The van der Waals surface area contributed by atoms with Crippen LogP contribution in [0.2, 0.25) is 0 Å². The minimum absolute atomic E-state index is 0.0644. The topological polar surface area (TPSA) is 45.2 Å². The minimum Gasteiger partial charge on any atom is -0.307 e. The number of benzene rings is 1. The Bertz CT molecular complexity index is 685. The summed E-state index contributed by atoms with van der Waals surface area (Å²) in [7, 11) is 3.36.